The van der Waals surface area contributed by atoms with Gasteiger partial charge in [-0.2, -0.15) is 0 Å². The highest BCUT2D eigenvalue weighted by atomic mass is 35.5. The molecule has 0 radical (unpaired) electrons. The van der Waals surface area contributed by atoms with Crippen LogP contribution < -0.4 is 4.72 Å². The minimum atomic E-state index is -3.06. The van der Waals surface area contributed by atoms with Crippen LogP contribution in [0.25, 0.3) is 0 Å². The van der Waals surface area contributed by atoms with Crippen molar-refractivity contribution in [2.45, 2.75) is 51.4 Å². The van der Waals surface area contributed by atoms with Crippen LogP contribution in [0.15, 0.2) is 0 Å². The third-order valence-electron chi connectivity index (χ3n) is 3.40. The average Bonchev–Trinajstić information content (AvgIpc) is 2.30. The Labute approximate surface area is 110 Å². The molecule has 0 heterocycles. The summed E-state index contributed by atoms with van der Waals surface area (Å²) >= 11 is 5.52. The lowest BCUT2D eigenvalue weighted by atomic mass is 9.87. The number of hydrogen-bond acceptors (Lipinski definition) is 2. The van der Waals surface area contributed by atoms with Crippen molar-refractivity contribution in [2.75, 3.05) is 18.2 Å². The van der Waals surface area contributed by atoms with Crippen molar-refractivity contribution in [2.24, 2.45) is 5.92 Å². The van der Waals surface area contributed by atoms with E-state index in [1.165, 1.54) is 32.1 Å². The van der Waals surface area contributed by atoms with Gasteiger partial charge in [0.2, 0.25) is 10.0 Å². The third kappa shape index (κ3) is 7.27. The molecule has 0 spiro atoms. The zero-order chi connectivity index (χ0) is 12.6. The normalized spacial score (nSPS) is 18.4. The monoisotopic (exact) mass is 281 g/mol. The SMILES string of the molecule is O=S(=O)(CCCCCl)NCCC1CCCCC1. The van der Waals surface area contributed by atoms with Gasteiger partial charge in [-0.05, 0) is 25.2 Å². The van der Waals surface area contributed by atoms with Gasteiger partial charge in [-0.15, -0.1) is 11.6 Å². The number of hydrogen-bond donors (Lipinski definition) is 1. The van der Waals surface area contributed by atoms with E-state index < -0.39 is 10.0 Å². The van der Waals surface area contributed by atoms with Gasteiger partial charge in [-0.3, -0.25) is 0 Å². The number of sulfonamides is 1. The molecule has 1 N–H and O–H groups in total. The number of halogens is 1. The van der Waals surface area contributed by atoms with Crippen LogP contribution in [0.1, 0.15) is 51.4 Å². The fourth-order valence-corrected chi connectivity index (χ4v) is 3.70. The molecule has 0 bridgehead atoms. The van der Waals surface area contributed by atoms with Crippen LogP contribution in [-0.4, -0.2) is 26.6 Å². The van der Waals surface area contributed by atoms with E-state index in [2.05, 4.69) is 4.72 Å². The predicted molar refractivity (Wildman–Crippen MR) is 72.9 cm³/mol. The topological polar surface area (TPSA) is 46.2 Å². The molecule has 0 aliphatic heterocycles. The van der Waals surface area contributed by atoms with E-state index in [0.717, 1.165) is 18.8 Å². The van der Waals surface area contributed by atoms with Gasteiger partial charge in [0.1, 0.15) is 0 Å². The molecule has 0 aromatic rings. The Morgan fingerprint density at radius 3 is 2.47 bits per heavy atom. The first-order chi connectivity index (χ1) is 8.14. The van der Waals surface area contributed by atoms with Crippen LogP contribution >= 0.6 is 11.6 Å². The molecule has 0 aromatic heterocycles. The van der Waals surface area contributed by atoms with Crippen LogP contribution in [0.3, 0.4) is 0 Å². The zero-order valence-electron chi connectivity index (χ0n) is 10.5. The highest BCUT2D eigenvalue weighted by Crippen LogP contribution is 2.25. The number of alkyl halides is 1. The fourth-order valence-electron chi connectivity index (χ4n) is 2.35. The van der Waals surface area contributed by atoms with E-state index in [4.69, 9.17) is 11.6 Å². The molecule has 1 fully saturated rings. The van der Waals surface area contributed by atoms with Crippen LogP contribution in [0, 0.1) is 5.92 Å². The first-order valence-electron chi connectivity index (χ1n) is 6.67. The molecular formula is C12H24ClNO2S. The zero-order valence-corrected chi connectivity index (χ0v) is 12.0. The number of rotatable bonds is 8. The first kappa shape index (κ1) is 15.3. The predicted octanol–water partition coefficient (Wildman–Crippen LogP) is 2.90. The molecule has 0 atom stereocenters. The smallest absolute Gasteiger partial charge is 0.211 e. The summed E-state index contributed by atoms with van der Waals surface area (Å²) in [4.78, 5) is 0. The molecule has 5 heteroatoms. The van der Waals surface area contributed by atoms with E-state index in [1.807, 2.05) is 0 Å². The van der Waals surface area contributed by atoms with Gasteiger partial charge in [-0.25, -0.2) is 13.1 Å². The molecule has 1 saturated carbocycles. The second-order valence-electron chi connectivity index (χ2n) is 4.90. The van der Waals surface area contributed by atoms with E-state index in [1.54, 1.807) is 0 Å². The van der Waals surface area contributed by atoms with Gasteiger partial charge in [0.05, 0.1) is 5.75 Å². The summed E-state index contributed by atoms with van der Waals surface area (Å²) in [7, 11) is -3.06. The number of nitrogens with one attached hydrogen (secondary N) is 1. The quantitative estimate of drug-likeness (QED) is 0.549. The molecule has 17 heavy (non-hydrogen) atoms. The lowest BCUT2D eigenvalue weighted by molar-refractivity contribution is 0.339. The Hall–Kier alpha value is 0.200. The Morgan fingerprint density at radius 1 is 1.12 bits per heavy atom. The van der Waals surface area contributed by atoms with Crippen molar-refractivity contribution in [1.29, 1.82) is 0 Å². The highest BCUT2D eigenvalue weighted by molar-refractivity contribution is 7.89. The Morgan fingerprint density at radius 2 is 1.82 bits per heavy atom. The second kappa shape index (κ2) is 8.33. The number of unbranched alkanes of at least 4 members (excludes halogenated alkanes) is 1. The first-order valence-corrected chi connectivity index (χ1v) is 8.86. The lowest BCUT2D eigenvalue weighted by Gasteiger charge is -2.21. The van der Waals surface area contributed by atoms with Gasteiger partial charge in [0.25, 0.3) is 0 Å². The molecule has 1 aliphatic rings. The van der Waals surface area contributed by atoms with Crippen molar-refractivity contribution < 1.29 is 8.42 Å². The lowest BCUT2D eigenvalue weighted by Crippen LogP contribution is -2.28. The van der Waals surface area contributed by atoms with E-state index >= 15 is 0 Å². The summed E-state index contributed by atoms with van der Waals surface area (Å²) < 4.78 is 25.9. The van der Waals surface area contributed by atoms with E-state index in [0.29, 0.717) is 18.8 Å². The van der Waals surface area contributed by atoms with Gasteiger partial charge < -0.3 is 0 Å². The van der Waals surface area contributed by atoms with Crippen molar-refractivity contribution in [3.05, 3.63) is 0 Å². The van der Waals surface area contributed by atoms with Gasteiger partial charge in [0.15, 0.2) is 0 Å². The highest BCUT2D eigenvalue weighted by Gasteiger charge is 2.14. The van der Waals surface area contributed by atoms with Gasteiger partial charge in [0, 0.05) is 12.4 Å². The largest absolute Gasteiger partial charge is 0.215 e. The molecule has 0 amide bonds. The summed E-state index contributed by atoms with van der Waals surface area (Å²) in [5.74, 6) is 1.48. The van der Waals surface area contributed by atoms with Gasteiger partial charge >= 0.3 is 0 Å². The summed E-state index contributed by atoms with van der Waals surface area (Å²) in [6, 6.07) is 0. The molecule has 1 aliphatic carbocycles. The summed E-state index contributed by atoms with van der Waals surface area (Å²) in [6.07, 6.45) is 8.94. The molecular weight excluding hydrogens is 258 g/mol. The Kier molecular flexibility index (Phi) is 7.47. The maximum Gasteiger partial charge on any atom is 0.211 e. The molecule has 0 saturated heterocycles. The minimum absolute atomic E-state index is 0.213. The molecule has 3 nitrogen and oxygen atoms in total. The standard InChI is InChI=1S/C12H24ClNO2S/c13-9-4-5-11-17(15,16)14-10-8-12-6-2-1-3-7-12/h12,14H,1-11H2. The molecule has 0 unspecified atom stereocenters. The van der Waals surface area contributed by atoms with Gasteiger partial charge in [-0.1, -0.05) is 32.1 Å². The van der Waals surface area contributed by atoms with Crippen LogP contribution in [0.4, 0.5) is 0 Å². The fraction of sp³-hybridized carbons (Fsp3) is 1.00. The van der Waals surface area contributed by atoms with Crippen molar-refractivity contribution >= 4 is 21.6 Å². The Bertz CT molecular complexity index is 287. The Balaban J connectivity index is 2.11. The maximum atomic E-state index is 11.6. The van der Waals surface area contributed by atoms with Crippen LogP contribution in [0.2, 0.25) is 0 Å². The minimum Gasteiger partial charge on any atom is -0.215 e. The average molecular weight is 282 g/mol. The van der Waals surface area contributed by atoms with Crippen molar-refractivity contribution in [3.63, 3.8) is 0 Å². The third-order valence-corrected chi connectivity index (χ3v) is 5.13. The second-order valence-corrected chi connectivity index (χ2v) is 7.21. The summed E-state index contributed by atoms with van der Waals surface area (Å²) in [5.41, 5.74) is 0. The van der Waals surface area contributed by atoms with Crippen molar-refractivity contribution in [3.8, 4) is 0 Å². The van der Waals surface area contributed by atoms with E-state index in [-0.39, 0.29) is 5.75 Å². The maximum absolute atomic E-state index is 11.6. The summed E-state index contributed by atoms with van der Waals surface area (Å²) in [6.45, 7) is 0.605. The van der Waals surface area contributed by atoms with Crippen LogP contribution in [0.5, 0.6) is 0 Å². The summed E-state index contributed by atoms with van der Waals surface area (Å²) in [5, 5.41) is 0. The molecule has 102 valence electrons. The van der Waals surface area contributed by atoms with Crippen molar-refractivity contribution in [1.82, 2.24) is 4.72 Å². The van der Waals surface area contributed by atoms with Crippen LogP contribution in [-0.2, 0) is 10.0 Å². The molecule has 1 rings (SSSR count). The van der Waals surface area contributed by atoms with E-state index in [9.17, 15) is 8.42 Å². The molecule has 0 aromatic carbocycles.